The Morgan fingerprint density at radius 2 is 2.14 bits per heavy atom. The molecular weight excluding hydrogens is 294 g/mol. The van der Waals surface area contributed by atoms with Crippen molar-refractivity contribution in [2.75, 3.05) is 31.2 Å². The summed E-state index contributed by atoms with van der Waals surface area (Å²) in [5, 5.41) is 2.58. The first-order valence-corrected chi connectivity index (χ1v) is 8.30. The van der Waals surface area contributed by atoms with Gasteiger partial charge in [0.2, 0.25) is 15.9 Å². The van der Waals surface area contributed by atoms with Crippen LogP contribution in [0, 0.1) is 0 Å². The number of nitrogens with one attached hydrogen (secondary N) is 2. The number of carbonyl (C=O) groups is 1. The molecule has 118 valence electrons. The molecule has 0 saturated heterocycles. The molecule has 1 aromatic rings. The second-order valence-electron chi connectivity index (χ2n) is 4.41. The fourth-order valence-corrected chi connectivity index (χ4v) is 2.25. The molecule has 0 bridgehead atoms. The summed E-state index contributed by atoms with van der Waals surface area (Å²) in [6, 6.07) is 6.72. The molecule has 1 rings (SSSR count). The van der Waals surface area contributed by atoms with Crippen LogP contribution >= 0.6 is 0 Å². The van der Waals surface area contributed by atoms with Crippen LogP contribution in [0.1, 0.15) is 13.3 Å². The van der Waals surface area contributed by atoms with Crippen molar-refractivity contribution in [1.29, 1.82) is 0 Å². The predicted octanol–water partition coefficient (Wildman–Crippen LogP) is 0.0932. The van der Waals surface area contributed by atoms with Crippen molar-refractivity contribution in [3.05, 3.63) is 24.3 Å². The van der Waals surface area contributed by atoms with Gasteiger partial charge in [0.05, 0.1) is 12.3 Å². The largest absolute Gasteiger partial charge is 0.492 e. The monoisotopic (exact) mass is 315 g/mol. The van der Waals surface area contributed by atoms with Crippen LogP contribution in [-0.4, -0.2) is 39.8 Å². The Balaban J connectivity index is 2.31. The zero-order chi connectivity index (χ0) is 15.7. The molecule has 0 fully saturated rings. The summed E-state index contributed by atoms with van der Waals surface area (Å²) in [7, 11) is -3.55. The van der Waals surface area contributed by atoms with E-state index in [0.29, 0.717) is 18.0 Å². The van der Waals surface area contributed by atoms with Gasteiger partial charge in [-0.15, -0.1) is 0 Å². The van der Waals surface area contributed by atoms with Crippen molar-refractivity contribution < 1.29 is 17.9 Å². The first-order chi connectivity index (χ1) is 9.93. The van der Waals surface area contributed by atoms with Gasteiger partial charge >= 0.3 is 0 Å². The van der Waals surface area contributed by atoms with Crippen LogP contribution in [0.4, 0.5) is 5.69 Å². The van der Waals surface area contributed by atoms with Gasteiger partial charge in [-0.2, -0.15) is 0 Å². The van der Waals surface area contributed by atoms with Gasteiger partial charge in [0.25, 0.3) is 0 Å². The number of anilines is 1. The fourth-order valence-electron chi connectivity index (χ4n) is 1.45. The highest BCUT2D eigenvalue weighted by molar-refractivity contribution is 7.89. The molecule has 4 N–H and O–H groups in total. The minimum atomic E-state index is -3.55. The summed E-state index contributed by atoms with van der Waals surface area (Å²) in [6.45, 7) is 2.16. The summed E-state index contributed by atoms with van der Waals surface area (Å²) in [5.41, 5.74) is 6.12. The molecule has 0 aromatic heterocycles. The number of carbonyl (C=O) groups excluding carboxylic acids is 1. The summed E-state index contributed by atoms with van der Waals surface area (Å²) in [6.07, 6.45) is 0.798. The molecule has 0 radical (unpaired) electrons. The normalized spacial score (nSPS) is 11.1. The number of amides is 1. The van der Waals surface area contributed by atoms with Crippen molar-refractivity contribution in [2.24, 2.45) is 0 Å². The van der Waals surface area contributed by atoms with Gasteiger partial charge in [-0.25, -0.2) is 13.1 Å². The number of nitrogen functional groups attached to an aromatic ring is 1. The number of hydrogen-bond acceptors (Lipinski definition) is 5. The molecule has 0 aliphatic carbocycles. The number of ether oxygens (including phenoxy) is 1. The molecule has 8 heteroatoms. The Morgan fingerprint density at radius 3 is 2.81 bits per heavy atom. The third-order valence-corrected chi connectivity index (χ3v) is 3.79. The van der Waals surface area contributed by atoms with Crippen molar-refractivity contribution in [3.63, 3.8) is 0 Å². The van der Waals surface area contributed by atoms with Crippen molar-refractivity contribution in [2.45, 2.75) is 13.3 Å². The number of benzene rings is 1. The Bertz CT molecular complexity index is 560. The number of rotatable bonds is 9. The molecule has 0 aliphatic heterocycles. The van der Waals surface area contributed by atoms with Crippen LogP contribution in [0.2, 0.25) is 0 Å². The molecule has 21 heavy (non-hydrogen) atoms. The highest BCUT2D eigenvalue weighted by Gasteiger charge is 2.12. The van der Waals surface area contributed by atoms with Crippen LogP contribution in [0.3, 0.4) is 0 Å². The average molecular weight is 315 g/mol. The van der Waals surface area contributed by atoms with Crippen molar-refractivity contribution >= 4 is 21.6 Å². The predicted molar refractivity (Wildman–Crippen MR) is 81.4 cm³/mol. The molecule has 0 aliphatic rings. The molecular formula is C13H21N3O4S. The SMILES string of the molecule is CCCNC(=O)CNS(=O)(=O)CCOc1cccc(N)c1. The summed E-state index contributed by atoms with van der Waals surface area (Å²) in [5.74, 6) is -0.0777. The second-order valence-corrected chi connectivity index (χ2v) is 6.34. The maximum atomic E-state index is 11.7. The van der Waals surface area contributed by atoms with Gasteiger partial charge in [0.1, 0.15) is 12.4 Å². The maximum absolute atomic E-state index is 11.7. The van der Waals surface area contributed by atoms with E-state index in [0.717, 1.165) is 6.42 Å². The average Bonchev–Trinajstić information content (AvgIpc) is 2.43. The fraction of sp³-hybridized carbons (Fsp3) is 0.462. The van der Waals surface area contributed by atoms with Crippen molar-refractivity contribution in [1.82, 2.24) is 10.0 Å². The summed E-state index contributed by atoms with van der Waals surface area (Å²) < 4.78 is 30.9. The lowest BCUT2D eigenvalue weighted by atomic mass is 10.3. The third kappa shape index (κ3) is 7.52. The number of hydrogen-bond donors (Lipinski definition) is 3. The van der Waals surface area contributed by atoms with E-state index < -0.39 is 10.0 Å². The zero-order valence-corrected chi connectivity index (χ0v) is 12.8. The topological polar surface area (TPSA) is 111 Å². The lowest BCUT2D eigenvalue weighted by molar-refractivity contribution is -0.119. The molecule has 0 spiro atoms. The highest BCUT2D eigenvalue weighted by Crippen LogP contribution is 2.14. The minimum absolute atomic E-state index is 0.0185. The van der Waals surface area contributed by atoms with E-state index in [4.69, 9.17) is 10.5 Å². The second kappa shape index (κ2) is 8.48. The first kappa shape index (κ1) is 17.3. The van der Waals surface area contributed by atoms with E-state index in [-0.39, 0.29) is 24.8 Å². The van der Waals surface area contributed by atoms with Crippen LogP contribution in [0.5, 0.6) is 5.75 Å². The Hall–Kier alpha value is -1.80. The Kier molecular flexibility index (Phi) is 6.97. The van der Waals surface area contributed by atoms with Gasteiger partial charge in [-0.1, -0.05) is 13.0 Å². The van der Waals surface area contributed by atoms with E-state index in [1.54, 1.807) is 24.3 Å². The van der Waals surface area contributed by atoms with Gasteiger partial charge < -0.3 is 15.8 Å². The van der Waals surface area contributed by atoms with E-state index in [2.05, 4.69) is 10.0 Å². The highest BCUT2D eigenvalue weighted by atomic mass is 32.2. The van der Waals surface area contributed by atoms with Gasteiger partial charge in [-0.05, 0) is 18.6 Å². The van der Waals surface area contributed by atoms with Gasteiger partial charge in [0.15, 0.2) is 0 Å². The van der Waals surface area contributed by atoms with Crippen LogP contribution in [-0.2, 0) is 14.8 Å². The first-order valence-electron chi connectivity index (χ1n) is 6.65. The molecule has 0 heterocycles. The number of sulfonamides is 1. The molecule has 1 aromatic carbocycles. The molecule has 1 amide bonds. The lowest BCUT2D eigenvalue weighted by Crippen LogP contribution is -2.38. The lowest BCUT2D eigenvalue weighted by Gasteiger charge is -2.09. The van der Waals surface area contributed by atoms with Gasteiger partial charge in [-0.3, -0.25) is 4.79 Å². The molecule has 7 nitrogen and oxygen atoms in total. The zero-order valence-electron chi connectivity index (χ0n) is 12.0. The van der Waals surface area contributed by atoms with E-state index >= 15 is 0 Å². The van der Waals surface area contributed by atoms with Gasteiger partial charge in [0, 0.05) is 18.3 Å². The van der Waals surface area contributed by atoms with E-state index in [1.807, 2.05) is 6.92 Å². The molecule has 0 atom stereocenters. The number of nitrogens with two attached hydrogens (primary N) is 1. The van der Waals surface area contributed by atoms with Crippen LogP contribution in [0.15, 0.2) is 24.3 Å². The van der Waals surface area contributed by atoms with Crippen LogP contribution in [0.25, 0.3) is 0 Å². The third-order valence-electron chi connectivity index (χ3n) is 2.50. The summed E-state index contributed by atoms with van der Waals surface area (Å²) in [4.78, 5) is 11.3. The van der Waals surface area contributed by atoms with E-state index in [1.165, 1.54) is 0 Å². The smallest absolute Gasteiger partial charge is 0.235 e. The molecule has 0 unspecified atom stereocenters. The van der Waals surface area contributed by atoms with E-state index in [9.17, 15) is 13.2 Å². The standard InChI is InChI=1S/C13H21N3O4S/c1-2-6-15-13(17)10-16-21(18,19)8-7-20-12-5-3-4-11(14)9-12/h3-5,9,16H,2,6-8,10,14H2,1H3,(H,15,17). The Morgan fingerprint density at radius 1 is 1.38 bits per heavy atom. The Labute approximate surface area is 124 Å². The maximum Gasteiger partial charge on any atom is 0.235 e. The molecule has 0 saturated carbocycles. The minimum Gasteiger partial charge on any atom is -0.492 e. The summed E-state index contributed by atoms with van der Waals surface area (Å²) >= 11 is 0. The quantitative estimate of drug-likeness (QED) is 0.560. The van der Waals surface area contributed by atoms with Crippen LogP contribution < -0.4 is 20.5 Å². The van der Waals surface area contributed by atoms with Crippen molar-refractivity contribution in [3.8, 4) is 5.75 Å².